The van der Waals surface area contributed by atoms with Crippen LogP contribution in [0.2, 0.25) is 0 Å². The van der Waals surface area contributed by atoms with Gasteiger partial charge in [-0.3, -0.25) is 4.90 Å². The van der Waals surface area contributed by atoms with Crippen molar-refractivity contribution >= 4 is 0 Å². The molecule has 1 heterocycles. The third-order valence-electron chi connectivity index (χ3n) is 3.96. The zero-order chi connectivity index (χ0) is 13.8. The van der Waals surface area contributed by atoms with Gasteiger partial charge in [0, 0.05) is 12.1 Å². The number of hydrogen-bond acceptors (Lipinski definition) is 2. The van der Waals surface area contributed by atoms with E-state index in [1.54, 1.807) is 0 Å². The standard InChI is InChI=1S/C16H34N2/c1-7-9-17-11-14-8-10-18(12-14)16(5,6)13-15(2,3)4/h14,17H,7-13H2,1-6H3. The molecule has 0 saturated carbocycles. The minimum atomic E-state index is 0.345. The molecule has 2 nitrogen and oxygen atoms in total. The molecule has 0 aliphatic carbocycles. The van der Waals surface area contributed by atoms with Gasteiger partial charge in [0.15, 0.2) is 0 Å². The van der Waals surface area contributed by atoms with Crippen LogP contribution in [0.5, 0.6) is 0 Å². The molecule has 1 unspecified atom stereocenters. The highest BCUT2D eigenvalue weighted by molar-refractivity contribution is 4.91. The first-order chi connectivity index (χ1) is 8.24. The second-order valence-corrected chi connectivity index (χ2v) is 7.85. The summed E-state index contributed by atoms with van der Waals surface area (Å²) in [5.74, 6) is 0.857. The van der Waals surface area contributed by atoms with Crippen LogP contribution in [0.15, 0.2) is 0 Å². The first-order valence-corrected chi connectivity index (χ1v) is 7.70. The first-order valence-electron chi connectivity index (χ1n) is 7.70. The number of likely N-dealkylation sites (tertiary alicyclic amines) is 1. The lowest BCUT2D eigenvalue weighted by Crippen LogP contribution is -2.45. The SMILES string of the molecule is CCCNCC1CCN(C(C)(C)CC(C)(C)C)C1. The van der Waals surface area contributed by atoms with Crippen LogP contribution < -0.4 is 5.32 Å². The second kappa shape index (κ2) is 6.38. The quantitative estimate of drug-likeness (QED) is 0.730. The van der Waals surface area contributed by atoms with Gasteiger partial charge in [-0.2, -0.15) is 0 Å². The predicted octanol–water partition coefficient (Wildman–Crippen LogP) is 3.52. The maximum Gasteiger partial charge on any atom is 0.0158 e. The first kappa shape index (κ1) is 16.0. The van der Waals surface area contributed by atoms with Crippen molar-refractivity contribution in [1.82, 2.24) is 10.2 Å². The van der Waals surface area contributed by atoms with E-state index < -0.39 is 0 Å². The summed E-state index contributed by atoms with van der Waals surface area (Å²) in [7, 11) is 0. The molecule has 1 N–H and O–H groups in total. The van der Waals surface area contributed by atoms with Crippen molar-refractivity contribution in [3.8, 4) is 0 Å². The normalized spacial score (nSPS) is 22.7. The highest BCUT2D eigenvalue weighted by Gasteiger charge is 2.35. The monoisotopic (exact) mass is 254 g/mol. The zero-order valence-electron chi connectivity index (χ0n) is 13.5. The van der Waals surface area contributed by atoms with E-state index in [0.29, 0.717) is 11.0 Å². The van der Waals surface area contributed by atoms with Gasteiger partial charge in [0.05, 0.1) is 0 Å². The second-order valence-electron chi connectivity index (χ2n) is 7.85. The van der Waals surface area contributed by atoms with Gasteiger partial charge in [-0.05, 0) is 64.1 Å². The summed E-state index contributed by atoms with van der Waals surface area (Å²) in [5, 5.41) is 3.57. The highest BCUT2D eigenvalue weighted by Crippen LogP contribution is 2.34. The van der Waals surface area contributed by atoms with E-state index in [1.807, 2.05) is 0 Å². The van der Waals surface area contributed by atoms with Gasteiger partial charge in [-0.15, -0.1) is 0 Å². The predicted molar refractivity (Wildman–Crippen MR) is 81.0 cm³/mol. The Morgan fingerprint density at radius 3 is 2.39 bits per heavy atom. The molecule has 0 aromatic heterocycles. The van der Waals surface area contributed by atoms with Crippen LogP contribution in [0.1, 0.15) is 60.8 Å². The lowest BCUT2D eigenvalue weighted by Gasteiger charge is -2.40. The number of nitrogens with zero attached hydrogens (tertiary/aromatic N) is 1. The van der Waals surface area contributed by atoms with Gasteiger partial charge >= 0.3 is 0 Å². The van der Waals surface area contributed by atoms with Gasteiger partial charge in [-0.1, -0.05) is 27.7 Å². The Kier molecular flexibility index (Phi) is 5.67. The van der Waals surface area contributed by atoms with E-state index in [9.17, 15) is 0 Å². The largest absolute Gasteiger partial charge is 0.316 e. The third kappa shape index (κ3) is 5.27. The van der Waals surface area contributed by atoms with Crippen molar-refractivity contribution in [2.45, 2.75) is 66.3 Å². The molecule has 0 aromatic carbocycles. The fourth-order valence-electron chi connectivity index (χ4n) is 3.44. The molecule has 0 amide bonds. The molecule has 1 saturated heterocycles. The Hall–Kier alpha value is -0.0800. The summed E-state index contributed by atoms with van der Waals surface area (Å²) in [6.07, 6.45) is 3.88. The van der Waals surface area contributed by atoms with Crippen LogP contribution in [-0.4, -0.2) is 36.6 Å². The van der Waals surface area contributed by atoms with E-state index in [1.165, 1.54) is 45.4 Å². The summed E-state index contributed by atoms with van der Waals surface area (Å²) in [6, 6.07) is 0. The summed E-state index contributed by atoms with van der Waals surface area (Å²) in [4.78, 5) is 2.70. The molecule has 108 valence electrons. The topological polar surface area (TPSA) is 15.3 Å². The molecule has 1 aliphatic rings. The van der Waals surface area contributed by atoms with Crippen molar-refractivity contribution in [2.24, 2.45) is 11.3 Å². The van der Waals surface area contributed by atoms with E-state index >= 15 is 0 Å². The number of hydrogen-bond donors (Lipinski definition) is 1. The molecule has 0 bridgehead atoms. The maximum atomic E-state index is 3.57. The molecule has 0 aromatic rings. The van der Waals surface area contributed by atoms with Crippen LogP contribution in [0, 0.1) is 11.3 Å². The fraction of sp³-hybridized carbons (Fsp3) is 1.00. The average molecular weight is 254 g/mol. The summed E-state index contributed by atoms with van der Waals surface area (Å²) in [6.45, 7) is 19.1. The maximum absolute atomic E-state index is 3.57. The van der Waals surface area contributed by atoms with Crippen LogP contribution >= 0.6 is 0 Å². The highest BCUT2D eigenvalue weighted by atomic mass is 15.2. The Labute approximate surface area is 115 Å². The van der Waals surface area contributed by atoms with E-state index in [4.69, 9.17) is 0 Å². The molecule has 1 rings (SSSR count). The Bertz CT molecular complexity index is 240. The molecule has 2 heteroatoms. The molecule has 1 atom stereocenters. The van der Waals surface area contributed by atoms with Crippen LogP contribution in [0.3, 0.4) is 0 Å². The molecular formula is C16H34N2. The van der Waals surface area contributed by atoms with E-state index in [0.717, 1.165) is 5.92 Å². The minimum absolute atomic E-state index is 0.345. The lowest BCUT2D eigenvalue weighted by atomic mass is 9.81. The van der Waals surface area contributed by atoms with Crippen molar-refractivity contribution < 1.29 is 0 Å². The Morgan fingerprint density at radius 2 is 1.83 bits per heavy atom. The summed E-state index contributed by atoms with van der Waals surface area (Å²) in [5.41, 5.74) is 0.764. The number of nitrogens with one attached hydrogen (secondary N) is 1. The van der Waals surface area contributed by atoms with Crippen molar-refractivity contribution in [2.75, 3.05) is 26.2 Å². The molecule has 18 heavy (non-hydrogen) atoms. The fourth-order valence-corrected chi connectivity index (χ4v) is 3.44. The lowest BCUT2D eigenvalue weighted by molar-refractivity contribution is 0.0977. The van der Waals surface area contributed by atoms with Gasteiger partial charge in [-0.25, -0.2) is 0 Å². The van der Waals surface area contributed by atoms with E-state index in [2.05, 4.69) is 51.8 Å². The van der Waals surface area contributed by atoms with Gasteiger partial charge < -0.3 is 5.32 Å². The van der Waals surface area contributed by atoms with Gasteiger partial charge in [0.1, 0.15) is 0 Å². The molecular weight excluding hydrogens is 220 g/mol. The Morgan fingerprint density at radius 1 is 1.17 bits per heavy atom. The minimum Gasteiger partial charge on any atom is -0.316 e. The summed E-state index contributed by atoms with van der Waals surface area (Å²) < 4.78 is 0. The van der Waals surface area contributed by atoms with Crippen molar-refractivity contribution in [3.05, 3.63) is 0 Å². The van der Waals surface area contributed by atoms with Crippen molar-refractivity contribution in [1.29, 1.82) is 0 Å². The average Bonchev–Trinajstić information content (AvgIpc) is 2.63. The van der Waals surface area contributed by atoms with E-state index in [-0.39, 0.29) is 0 Å². The van der Waals surface area contributed by atoms with Crippen LogP contribution in [-0.2, 0) is 0 Å². The smallest absolute Gasteiger partial charge is 0.0158 e. The van der Waals surface area contributed by atoms with Gasteiger partial charge in [0.25, 0.3) is 0 Å². The van der Waals surface area contributed by atoms with Crippen LogP contribution in [0.25, 0.3) is 0 Å². The molecule has 0 spiro atoms. The van der Waals surface area contributed by atoms with Crippen LogP contribution in [0.4, 0.5) is 0 Å². The number of rotatable bonds is 6. The molecule has 1 fully saturated rings. The Balaban J connectivity index is 2.40. The van der Waals surface area contributed by atoms with Crippen molar-refractivity contribution in [3.63, 3.8) is 0 Å². The van der Waals surface area contributed by atoms with Gasteiger partial charge in [0.2, 0.25) is 0 Å². The molecule has 1 aliphatic heterocycles. The third-order valence-corrected chi connectivity index (χ3v) is 3.96. The zero-order valence-corrected chi connectivity index (χ0v) is 13.5. The molecule has 0 radical (unpaired) electrons. The summed E-state index contributed by atoms with van der Waals surface area (Å²) >= 11 is 0.